The zero-order valence-corrected chi connectivity index (χ0v) is 10.1. The van der Waals surface area contributed by atoms with Crippen LogP contribution in [0.1, 0.15) is 55.6 Å². The van der Waals surface area contributed by atoms with Crippen molar-refractivity contribution >= 4 is 0 Å². The van der Waals surface area contributed by atoms with Crippen LogP contribution in [0.3, 0.4) is 0 Å². The summed E-state index contributed by atoms with van der Waals surface area (Å²) in [6.45, 7) is 3.48. The van der Waals surface area contributed by atoms with Gasteiger partial charge in [0.1, 0.15) is 0 Å². The third-order valence-electron chi connectivity index (χ3n) is 4.35. The first-order chi connectivity index (χ1) is 7.90. The predicted molar refractivity (Wildman–Crippen MR) is 67.9 cm³/mol. The third kappa shape index (κ3) is 1.58. The molecule has 2 aliphatic rings. The quantitative estimate of drug-likeness (QED) is 0.814. The Morgan fingerprint density at radius 2 is 2.06 bits per heavy atom. The van der Waals surface area contributed by atoms with Crippen molar-refractivity contribution in [1.29, 1.82) is 0 Å². The lowest BCUT2D eigenvalue weighted by molar-refractivity contribution is 0.329. The number of piperidine rings is 1. The summed E-state index contributed by atoms with van der Waals surface area (Å²) >= 11 is 0. The summed E-state index contributed by atoms with van der Waals surface area (Å²) in [6.07, 6.45) is 5.42. The molecule has 1 aromatic rings. The van der Waals surface area contributed by atoms with E-state index in [4.69, 9.17) is 0 Å². The second-order valence-corrected chi connectivity index (χ2v) is 5.33. The highest BCUT2D eigenvalue weighted by Gasteiger charge is 2.38. The molecule has 0 aromatic heterocycles. The zero-order chi connectivity index (χ0) is 11.0. The van der Waals surface area contributed by atoms with Crippen LogP contribution in [0.15, 0.2) is 24.3 Å². The standard InChI is InChI=1S/C15H21N/c1-2-3-8-15-14-9-11(10-16-15)12-6-4-5-7-13(12)14/h4-7,11,14-16H,2-3,8-10H2,1H3. The highest BCUT2D eigenvalue weighted by atomic mass is 14.9. The monoisotopic (exact) mass is 215 g/mol. The molecule has 1 N–H and O–H groups in total. The summed E-state index contributed by atoms with van der Waals surface area (Å²) in [5.74, 6) is 1.58. The Hall–Kier alpha value is -0.820. The molecular formula is C15H21N. The smallest absolute Gasteiger partial charge is 0.0136 e. The fourth-order valence-electron chi connectivity index (χ4n) is 3.52. The van der Waals surface area contributed by atoms with E-state index in [-0.39, 0.29) is 0 Å². The normalized spacial score (nSPS) is 31.4. The first kappa shape index (κ1) is 10.3. The summed E-state index contributed by atoms with van der Waals surface area (Å²) in [4.78, 5) is 0. The van der Waals surface area contributed by atoms with Crippen LogP contribution in [0, 0.1) is 0 Å². The number of benzene rings is 1. The maximum Gasteiger partial charge on any atom is 0.0136 e. The molecule has 1 aliphatic heterocycles. The molecule has 0 spiro atoms. The minimum absolute atomic E-state index is 0.736. The largest absolute Gasteiger partial charge is 0.313 e. The molecule has 0 amide bonds. The Bertz CT molecular complexity index is 369. The summed E-state index contributed by atoms with van der Waals surface area (Å²) in [5, 5.41) is 3.76. The van der Waals surface area contributed by atoms with Gasteiger partial charge in [-0.05, 0) is 29.9 Å². The van der Waals surface area contributed by atoms with Crippen LogP contribution in [0.2, 0.25) is 0 Å². The average Bonchev–Trinajstić information content (AvgIpc) is 2.64. The molecule has 0 radical (unpaired) electrons. The Labute approximate surface area is 98.3 Å². The number of fused-ring (bicyclic) bond motifs is 5. The van der Waals surface area contributed by atoms with E-state index >= 15 is 0 Å². The van der Waals surface area contributed by atoms with Gasteiger partial charge in [-0.2, -0.15) is 0 Å². The van der Waals surface area contributed by atoms with E-state index in [9.17, 15) is 0 Å². The molecule has 1 fully saturated rings. The molecule has 1 aromatic carbocycles. The van der Waals surface area contributed by atoms with Crippen LogP contribution in [0.4, 0.5) is 0 Å². The van der Waals surface area contributed by atoms with Crippen molar-refractivity contribution in [2.45, 2.75) is 50.5 Å². The highest BCUT2D eigenvalue weighted by Crippen LogP contribution is 2.46. The molecule has 1 heteroatoms. The van der Waals surface area contributed by atoms with E-state index in [1.54, 1.807) is 11.1 Å². The van der Waals surface area contributed by atoms with Crippen LogP contribution in [0.5, 0.6) is 0 Å². The van der Waals surface area contributed by atoms with Gasteiger partial charge in [-0.15, -0.1) is 0 Å². The molecular weight excluding hydrogens is 194 g/mol. The van der Waals surface area contributed by atoms with Gasteiger partial charge >= 0.3 is 0 Å². The van der Waals surface area contributed by atoms with Gasteiger partial charge in [0, 0.05) is 18.5 Å². The second kappa shape index (κ2) is 4.21. The fraction of sp³-hybridized carbons (Fsp3) is 0.600. The van der Waals surface area contributed by atoms with E-state index in [0.29, 0.717) is 0 Å². The Morgan fingerprint density at radius 3 is 2.88 bits per heavy atom. The van der Waals surface area contributed by atoms with E-state index in [2.05, 4.69) is 36.5 Å². The Balaban J connectivity index is 1.85. The minimum atomic E-state index is 0.736. The van der Waals surface area contributed by atoms with Crippen LogP contribution >= 0.6 is 0 Å². The SMILES string of the molecule is CCCCC1NCC2CC1c1ccccc12. The van der Waals surface area contributed by atoms with Gasteiger partial charge in [0.15, 0.2) is 0 Å². The number of rotatable bonds is 3. The molecule has 1 saturated heterocycles. The third-order valence-corrected chi connectivity index (χ3v) is 4.35. The predicted octanol–water partition coefficient (Wildman–Crippen LogP) is 3.42. The molecule has 2 bridgehead atoms. The van der Waals surface area contributed by atoms with Crippen molar-refractivity contribution in [2.24, 2.45) is 0 Å². The van der Waals surface area contributed by atoms with Gasteiger partial charge < -0.3 is 5.32 Å². The van der Waals surface area contributed by atoms with Gasteiger partial charge in [0.2, 0.25) is 0 Å². The first-order valence-electron chi connectivity index (χ1n) is 6.72. The van der Waals surface area contributed by atoms with Gasteiger partial charge in [-0.1, -0.05) is 44.0 Å². The summed E-state index contributed by atoms with van der Waals surface area (Å²) in [6, 6.07) is 9.83. The molecule has 86 valence electrons. The molecule has 0 saturated carbocycles. The number of hydrogen-bond acceptors (Lipinski definition) is 1. The maximum atomic E-state index is 3.76. The lowest BCUT2D eigenvalue weighted by Gasteiger charge is -2.30. The van der Waals surface area contributed by atoms with Gasteiger partial charge in [-0.3, -0.25) is 0 Å². The summed E-state index contributed by atoms with van der Waals surface area (Å²) < 4.78 is 0. The number of nitrogens with one attached hydrogen (secondary N) is 1. The Kier molecular flexibility index (Phi) is 2.72. The van der Waals surface area contributed by atoms with Crippen molar-refractivity contribution in [3.63, 3.8) is 0 Å². The average molecular weight is 215 g/mol. The van der Waals surface area contributed by atoms with Crippen LogP contribution in [0.25, 0.3) is 0 Å². The van der Waals surface area contributed by atoms with Gasteiger partial charge in [0.25, 0.3) is 0 Å². The lowest BCUT2D eigenvalue weighted by Crippen LogP contribution is -2.39. The topological polar surface area (TPSA) is 12.0 Å². The Morgan fingerprint density at radius 1 is 1.25 bits per heavy atom. The first-order valence-corrected chi connectivity index (χ1v) is 6.72. The van der Waals surface area contributed by atoms with Crippen molar-refractivity contribution in [3.05, 3.63) is 35.4 Å². The van der Waals surface area contributed by atoms with E-state index in [0.717, 1.165) is 17.9 Å². The van der Waals surface area contributed by atoms with Gasteiger partial charge in [0.05, 0.1) is 0 Å². The van der Waals surface area contributed by atoms with Crippen molar-refractivity contribution in [3.8, 4) is 0 Å². The molecule has 3 rings (SSSR count). The van der Waals surface area contributed by atoms with Crippen LogP contribution < -0.4 is 5.32 Å². The molecule has 1 aliphatic carbocycles. The van der Waals surface area contributed by atoms with Crippen molar-refractivity contribution in [2.75, 3.05) is 6.54 Å². The molecule has 3 atom stereocenters. The molecule has 3 unspecified atom stereocenters. The summed E-state index contributed by atoms with van der Waals surface area (Å²) in [5.41, 5.74) is 3.26. The van der Waals surface area contributed by atoms with Crippen molar-refractivity contribution < 1.29 is 0 Å². The molecule has 16 heavy (non-hydrogen) atoms. The second-order valence-electron chi connectivity index (χ2n) is 5.33. The van der Waals surface area contributed by atoms with E-state index in [1.807, 2.05) is 0 Å². The fourth-order valence-corrected chi connectivity index (χ4v) is 3.52. The number of hydrogen-bond donors (Lipinski definition) is 1. The highest BCUT2D eigenvalue weighted by molar-refractivity contribution is 5.41. The lowest BCUT2D eigenvalue weighted by atomic mass is 9.87. The molecule has 1 nitrogen and oxygen atoms in total. The van der Waals surface area contributed by atoms with Crippen molar-refractivity contribution in [1.82, 2.24) is 5.32 Å². The zero-order valence-electron chi connectivity index (χ0n) is 10.1. The summed E-state index contributed by atoms with van der Waals surface area (Å²) in [7, 11) is 0. The van der Waals surface area contributed by atoms with Gasteiger partial charge in [-0.25, -0.2) is 0 Å². The minimum Gasteiger partial charge on any atom is -0.313 e. The van der Waals surface area contributed by atoms with E-state index < -0.39 is 0 Å². The van der Waals surface area contributed by atoms with E-state index in [1.165, 1.54) is 32.2 Å². The van der Waals surface area contributed by atoms with Crippen LogP contribution in [-0.2, 0) is 0 Å². The van der Waals surface area contributed by atoms with Crippen LogP contribution in [-0.4, -0.2) is 12.6 Å². The molecule has 1 heterocycles. The maximum absolute atomic E-state index is 3.76. The number of unbranched alkanes of at least 4 members (excludes halogenated alkanes) is 1.